The summed E-state index contributed by atoms with van der Waals surface area (Å²) in [5.41, 5.74) is 3.60. The van der Waals surface area contributed by atoms with Crippen LogP contribution in [-0.2, 0) is 4.79 Å². The van der Waals surface area contributed by atoms with Crippen molar-refractivity contribution in [2.24, 2.45) is 0 Å². The Labute approximate surface area is 188 Å². The lowest BCUT2D eigenvalue weighted by Crippen LogP contribution is -2.27. The molecule has 2 N–H and O–H groups in total. The van der Waals surface area contributed by atoms with Crippen LogP contribution in [0.1, 0.15) is 24.4 Å². The van der Waals surface area contributed by atoms with Gasteiger partial charge in [-0.1, -0.05) is 41.9 Å². The number of amides is 1. The Hall–Kier alpha value is -3.18. The molecule has 1 aliphatic heterocycles. The fourth-order valence-electron chi connectivity index (χ4n) is 3.81. The summed E-state index contributed by atoms with van der Waals surface area (Å²) in [5, 5.41) is 6.79. The first-order valence-electron chi connectivity index (χ1n) is 10.4. The molecular weight excluding hydrogens is 410 g/mol. The molecule has 0 aliphatic carbocycles. The Morgan fingerprint density at radius 1 is 0.968 bits per heavy atom. The Balaban J connectivity index is 1.53. The van der Waals surface area contributed by atoms with E-state index in [1.165, 1.54) is 18.5 Å². The molecular formula is C25H26ClN3O2. The van der Waals surface area contributed by atoms with Crippen molar-refractivity contribution in [1.29, 1.82) is 0 Å². The van der Waals surface area contributed by atoms with E-state index in [2.05, 4.69) is 27.7 Å². The molecule has 3 aromatic rings. The quantitative estimate of drug-likeness (QED) is 0.496. The lowest BCUT2D eigenvalue weighted by Gasteiger charge is -2.22. The van der Waals surface area contributed by atoms with E-state index in [0.717, 1.165) is 24.3 Å². The summed E-state index contributed by atoms with van der Waals surface area (Å²) < 4.78 is 5.19. The van der Waals surface area contributed by atoms with Crippen LogP contribution < -0.4 is 20.3 Å². The third-order valence-corrected chi connectivity index (χ3v) is 5.76. The van der Waals surface area contributed by atoms with Crippen LogP contribution in [0.25, 0.3) is 0 Å². The van der Waals surface area contributed by atoms with Crippen LogP contribution in [0.3, 0.4) is 0 Å². The summed E-state index contributed by atoms with van der Waals surface area (Å²) in [5.74, 6) is 0.395. The van der Waals surface area contributed by atoms with Crippen molar-refractivity contribution in [3.05, 3.63) is 83.4 Å². The number of carbonyl (C=O) groups excluding carboxylic acids is 1. The third kappa shape index (κ3) is 5.12. The number of nitrogens with one attached hydrogen (secondary N) is 2. The number of benzene rings is 3. The van der Waals surface area contributed by atoms with Gasteiger partial charge in [-0.2, -0.15) is 0 Å². The van der Waals surface area contributed by atoms with Gasteiger partial charge in [0.25, 0.3) is 5.91 Å². The van der Waals surface area contributed by atoms with Crippen molar-refractivity contribution in [1.82, 2.24) is 0 Å². The molecule has 31 heavy (non-hydrogen) atoms. The highest BCUT2D eigenvalue weighted by molar-refractivity contribution is 6.32. The number of ether oxygens (including phenoxy) is 1. The van der Waals surface area contributed by atoms with Crippen molar-refractivity contribution in [3.63, 3.8) is 0 Å². The molecule has 160 valence electrons. The average molecular weight is 436 g/mol. The van der Waals surface area contributed by atoms with E-state index in [1.807, 2.05) is 42.5 Å². The van der Waals surface area contributed by atoms with Crippen LogP contribution in [0.5, 0.6) is 5.75 Å². The SMILES string of the molecule is COc1ccc(NC(=O)[C@@H](Nc2ccc(N3CCCC3)cc2)c2ccccc2)cc1Cl. The summed E-state index contributed by atoms with van der Waals surface area (Å²) in [4.78, 5) is 15.6. The number of hydrogen-bond donors (Lipinski definition) is 2. The average Bonchev–Trinajstić information content (AvgIpc) is 3.33. The normalized spacial score (nSPS) is 14.2. The number of nitrogens with zero attached hydrogens (tertiary/aromatic N) is 1. The Bertz CT molecular complexity index is 1020. The van der Waals surface area contributed by atoms with Crippen LogP contribution >= 0.6 is 11.6 Å². The summed E-state index contributed by atoms with van der Waals surface area (Å²) in [6.45, 7) is 2.21. The van der Waals surface area contributed by atoms with Crippen molar-refractivity contribution in [2.45, 2.75) is 18.9 Å². The maximum Gasteiger partial charge on any atom is 0.251 e. The molecule has 4 rings (SSSR count). The molecule has 5 nitrogen and oxygen atoms in total. The molecule has 0 saturated carbocycles. The number of carbonyl (C=O) groups is 1. The van der Waals surface area contributed by atoms with E-state index in [0.29, 0.717) is 16.5 Å². The van der Waals surface area contributed by atoms with E-state index in [4.69, 9.17) is 16.3 Å². The largest absolute Gasteiger partial charge is 0.495 e. The first-order chi connectivity index (χ1) is 15.1. The van der Waals surface area contributed by atoms with E-state index in [-0.39, 0.29) is 5.91 Å². The topological polar surface area (TPSA) is 53.6 Å². The van der Waals surface area contributed by atoms with Gasteiger partial charge in [-0.15, -0.1) is 0 Å². The highest BCUT2D eigenvalue weighted by Gasteiger charge is 2.21. The van der Waals surface area contributed by atoms with Crippen LogP contribution in [-0.4, -0.2) is 26.1 Å². The lowest BCUT2D eigenvalue weighted by molar-refractivity contribution is -0.117. The smallest absolute Gasteiger partial charge is 0.251 e. The van der Waals surface area contributed by atoms with Crippen LogP contribution in [0.15, 0.2) is 72.8 Å². The predicted octanol–water partition coefficient (Wildman–Crippen LogP) is 5.74. The molecule has 0 bridgehead atoms. The number of anilines is 3. The van der Waals surface area contributed by atoms with Gasteiger partial charge in [0.15, 0.2) is 0 Å². The minimum absolute atomic E-state index is 0.170. The molecule has 0 spiro atoms. The second kappa shape index (κ2) is 9.75. The molecule has 0 radical (unpaired) electrons. The monoisotopic (exact) mass is 435 g/mol. The Kier molecular flexibility index (Phi) is 6.63. The third-order valence-electron chi connectivity index (χ3n) is 5.46. The van der Waals surface area contributed by atoms with Gasteiger partial charge >= 0.3 is 0 Å². The number of methoxy groups -OCH3 is 1. The van der Waals surface area contributed by atoms with Crippen molar-refractivity contribution < 1.29 is 9.53 Å². The van der Waals surface area contributed by atoms with E-state index < -0.39 is 6.04 Å². The molecule has 1 atom stereocenters. The van der Waals surface area contributed by atoms with Gasteiger partial charge in [-0.25, -0.2) is 0 Å². The maximum absolute atomic E-state index is 13.2. The fourth-order valence-corrected chi connectivity index (χ4v) is 4.07. The van der Waals surface area contributed by atoms with Gasteiger partial charge in [-0.05, 0) is 60.9 Å². The van der Waals surface area contributed by atoms with Crippen LogP contribution in [0, 0.1) is 0 Å². The highest BCUT2D eigenvalue weighted by atomic mass is 35.5. The molecule has 6 heteroatoms. The van der Waals surface area contributed by atoms with Gasteiger partial charge in [-0.3, -0.25) is 4.79 Å². The zero-order chi connectivity index (χ0) is 21.6. The predicted molar refractivity (Wildman–Crippen MR) is 127 cm³/mol. The summed E-state index contributed by atoms with van der Waals surface area (Å²) in [6, 6.07) is 22.6. The first kappa shape index (κ1) is 21.1. The first-order valence-corrected chi connectivity index (χ1v) is 10.8. The molecule has 1 fully saturated rings. The second-order valence-corrected chi connectivity index (χ2v) is 7.97. The lowest BCUT2D eigenvalue weighted by atomic mass is 10.1. The summed E-state index contributed by atoms with van der Waals surface area (Å²) >= 11 is 6.21. The van der Waals surface area contributed by atoms with Gasteiger partial charge < -0.3 is 20.3 Å². The van der Waals surface area contributed by atoms with Gasteiger partial charge in [0.2, 0.25) is 0 Å². The van der Waals surface area contributed by atoms with Crippen LogP contribution in [0.4, 0.5) is 17.1 Å². The Morgan fingerprint density at radius 3 is 2.29 bits per heavy atom. The molecule has 3 aromatic carbocycles. The second-order valence-electron chi connectivity index (χ2n) is 7.57. The van der Waals surface area contributed by atoms with Crippen LogP contribution in [0.2, 0.25) is 5.02 Å². The minimum atomic E-state index is -0.556. The zero-order valence-electron chi connectivity index (χ0n) is 17.5. The van der Waals surface area contributed by atoms with Crippen molar-refractivity contribution in [3.8, 4) is 5.75 Å². The molecule has 0 aromatic heterocycles. The molecule has 1 amide bonds. The molecule has 1 saturated heterocycles. The summed E-state index contributed by atoms with van der Waals surface area (Å²) in [6.07, 6.45) is 2.48. The fraction of sp³-hybridized carbons (Fsp3) is 0.240. The van der Waals surface area contributed by atoms with E-state index >= 15 is 0 Å². The molecule has 1 aliphatic rings. The van der Waals surface area contributed by atoms with Gasteiger partial charge in [0.1, 0.15) is 11.8 Å². The number of rotatable bonds is 7. The minimum Gasteiger partial charge on any atom is -0.495 e. The maximum atomic E-state index is 13.2. The van der Waals surface area contributed by atoms with E-state index in [9.17, 15) is 4.79 Å². The van der Waals surface area contributed by atoms with Gasteiger partial charge in [0.05, 0.1) is 12.1 Å². The van der Waals surface area contributed by atoms with Gasteiger partial charge in [0, 0.05) is 30.2 Å². The number of hydrogen-bond acceptors (Lipinski definition) is 4. The Morgan fingerprint density at radius 2 is 1.65 bits per heavy atom. The standard InChI is InChI=1S/C25H26ClN3O2/c1-31-23-14-11-20(17-22(23)26)28-25(30)24(18-7-3-2-4-8-18)27-19-9-12-21(13-10-19)29-15-5-6-16-29/h2-4,7-14,17,24,27H,5-6,15-16H2,1H3,(H,28,30)/t24-/m0/s1. The molecule has 0 unspecified atom stereocenters. The van der Waals surface area contributed by atoms with E-state index in [1.54, 1.807) is 25.3 Å². The van der Waals surface area contributed by atoms with Crippen molar-refractivity contribution >= 4 is 34.6 Å². The molecule has 1 heterocycles. The highest BCUT2D eigenvalue weighted by Crippen LogP contribution is 2.29. The zero-order valence-corrected chi connectivity index (χ0v) is 18.2. The van der Waals surface area contributed by atoms with Crippen molar-refractivity contribution in [2.75, 3.05) is 35.7 Å². The summed E-state index contributed by atoms with van der Waals surface area (Å²) in [7, 11) is 1.56. The number of halogens is 1.